The van der Waals surface area contributed by atoms with Crippen molar-refractivity contribution >= 4 is 17.9 Å². The summed E-state index contributed by atoms with van der Waals surface area (Å²) in [7, 11) is 0. The predicted molar refractivity (Wildman–Crippen MR) is 52.7 cm³/mol. The number of nitrogens with zero attached hydrogens (tertiary/aromatic N) is 2. The number of aliphatic hydroxyl groups excluding tert-OH is 1. The Kier molecular flexibility index (Phi) is 4.16. The number of carbonyl (C=O) groups is 2. The molecule has 8 nitrogen and oxygen atoms in total. The Morgan fingerprint density at radius 2 is 2.00 bits per heavy atom. The third kappa shape index (κ3) is 3.88. The number of carboxylic acid groups (broad SMARTS) is 1. The molecule has 0 unspecified atom stereocenters. The molecule has 1 atom stereocenters. The number of rotatable bonds is 4. The third-order valence-corrected chi connectivity index (χ3v) is 1.53. The topological polar surface area (TPSA) is 124 Å². The summed E-state index contributed by atoms with van der Waals surface area (Å²) >= 11 is 0. The average molecular weight is 226 g/mol. The van der Waals surface area contributed by atoms with Gasteiger partial charge in [0.05, 0.1) is 6.54 Å². The lowest BCUT2D eigenvalue weighted by molar-refractivity contribution is -0.146. The van der Waals surface area contributed by atoms with Gasteiger partial charge in [0.1, 0.15) is 0 Å². The van der Waals surface area contributed by atoms with Crippen molar-refractivity contribution in [3.63, 3.8) is 0 Å². The van der Waals surface area contributed by atoms with Gasteiger partial charge >= 0.3 is 12.0 Å². The molecule has 2 amide bonds. The van der Waals surface area contributed by atoms with Crippen LogP contribution in [-0.2, 0) is 4.79 Å². The fourth-order valence-corrected chi connectivity index (χ4v) is 0.786. The molecule has 0 aromatic carbocycles. The van der Waals surface area contributed by atoms with E-state index in [1.165, 1.54) is 12.4 Å². The minimum absolute atomic E-state index is 0.0878. The van der Waals surface area contributed by atoms with Crippen LogP contribution in [0.25, 0.3) is 0 Å². The summed E-state index contributed by atoms with van der Waals surface area (Å²) < 4.78 is 0. The van der Waals surface area contributed by atoms with Gasteiger partial charge in [-0.15, -0.1) is 0 Å². The van der Waals surface area contributed by atoms with Crippen molar-refractivity contribution in [2.45, 2.75) is 6.10 Å². The highest BCUT2D eigenvalue weighted by molar-refractivity contribution is 5.87. The van der Waals surface area contributed by atoms with Crippen LogP contribution >= 0.6 is 0 Å². The lowest BCUT2D eigenvalue weighted by atomic mass is 10.4. The van der Waals surface area contributed by atoms with Gasteiger partial charge in [-0.05, 0) is 6.07 Å². The summed E-state index contributed by atoms with van der Waals surface area (Å²) in [4.78, 5) is 28.8. The number of nitrogens with one attached hydrogen (secondary N) is 2. The van der Waals surface area contributed by atoms with E-state index in [2.05, 4.69) is 20.6 Å². The van der Waals surface area contributed by atoms with Gasteiger partial charge < -0.3 is 15.5 Å². The largest absolute Gasteiger partial charge is 0.479 e. The Morgan fingerprint density at radius 3 is 2.56 bits per heavy atom. The van der Waals surface area contributed by atoms with E-state index in [0.29, 0.717) is 0 Å². The zero-order valence-corrected chi connectivity index (χ0v) is 8.12. The molecule has 1 aromatic heterocycles. The molecule has 0 radical (unpaired) electrons. The Bertz CT molecular complexity index is 370. The van der Waals surface area contributed by atoms with Crippen LogP contribution in [0.15, 0.2) is 18.5 Å². The van der Waals surface area contributed by atoms with E-state index in [1.54, 1.807) is 6.07 Å². The second-order valence-corrected chi connectivity index (χ2v) is 2.76. The number of aromatic nitrogens is 2. The molecule has 0 spiro atoms. The van der Waals surface area contributed by atoms with E-state index in [4.69, 9.17) is 10.2 Å². The number of aliphatic carboxylic acids is 1. The summed E-state index contributed by atoms with van der Waals surface area (Å²) in [6.07, 6.45) is 1.24. The summed E-state index contributed by atoms with van der Waals surface area (Å²) in [5.41, 5.74) is 0. The Labute approximate surface area is 90.3 Å². The van der Waals surface area contributed by atoms with Crippen LogP contribution in [0.1, 0.15) is 0 Å². The Balaban J connectivity index is 2.35. The fourth-order valence-electron chi connectivity index (χ4n) is 0.786. The minimum Gasteiger partial charge on any atom is -0.479 e. The van der Waals surface area contributed by atoms with E-state index in [-0.39, 0.29) is 5.95 Å². The third-order valence-electron chi connectivity index (χ3n) is 1.53. The second-order valence-electron chi connectivity index (χ2n) is 2.76. The number of carboxylic acids is 1. The Morgan fingerprint density at radius 1 is 1.38 bits per heavy atom. The highest BCUT2D eigenvalue weighted by Gasteiger charge is 2.14. The average Bonchev–Trinajstić information content (AvgIpc) is 2.27. The summed E-state index contributed by atoms with van der Waals surface area (Å²) in [5.74, 6) is -1.32. The van der Waals surface area contributed by atoms with Crippen LogP contribution < -0.4 is 10.6 Å². The molecule has 0 bridgehead atoms. The number of aliphatic hydroxyl groups is 1. The van der Waals surface area contributed by atoms with Gasteiger partial charge in [0.2, 0.25) is 5.95 Å². The standard InChI is InChI=1S/C8H10N4O4/c13-5(6(14)15)4-11-8(16)12-7-9-2-1-3-10-7/h1-3,5,13H,4H2,(H,14,15)(H2,9,10,11,12,16)/t5-/m0/s1. The van der Waals surface area contributed by atoms with Crippen LogP contribution in [-0.4, -0.2) is 44.8 Å². The Hall–Kier alpha value is -2.22. The van der Waals surface area contributed by atoms with Gasteiger partial charge in [0.15, 0.2) is 6.10 Å². The molecule has 1 heterocycles. The molecule has 0 saturated carbocycles. The zero-order valence-electron chi connectivity index (χ0n) is 8.12. The summed E-state index contributed by atoms with van der Waals surface area (Å²) in [6, 6.07) is 0.892. The van der Waals surface area contributed by atoms with Gasteiger partial charge in [-0.2, -0.15) is 0 Å². The van der Waals surface area contributed by atoms with Gasteiger partial charge in [-0.1, -0.05) is 0 Å². The van der Waals surface area contributed by atoms with Crippen LogP contribution in [0, 0.1) is 0 Å². The van der Waals surface area contributed by atoms with Gasteiger partial charge in [0, 0.05) is 12.4 Å². The molecular weight excluding hydrogens is 216 g/mol. The number of urea groups is 1. The lowest BCUT2D eigenvalue weighted by Crippen LogP contribution is -2.38. The van der Waals surface area contributed by atoms with E-state index in [9.17, 15) is 9.59 Å². The number of anilines is 1. The van der Waals surface area contributed by atoms with Crippen molar-refractivity contribution in [3.05, 3.63) is 18.5 Å². The van der Waals surface area contributed by atoms with E-state index in [1.807, 2.05) is 0 Å². The molecule has 1 aromatic rings. The first-order chi connectivity index (χ1) is 7.59. The van der Waals surface area contributed by atoms with Crippen molar-refractivity contribution in [1.29, 1.82) is 0 Å². The van der Waals surface area contributed by atoms with Crippen molar-refractivity contribution in [2.24, 2.45) is 0 Å². The lowest BCUT2D eigenvalue weighted by Gasteiger charge is -2.07. The maximum Gasteiger partial charge on any atom is 0.334 e. The molecule has 1 rings (SSSR count). The number of hydrogen-bond acceptors (Lipinski definition) is 5. The van der Waals surface area contributed by atoms with Crippen molar-refractivity contribution < 1.29 is 19.8 Å². The van der Waals surface area contributed by atoms with E-state index >= 15 is 0 Å². The van der Waals surface area contributed by atoms with Crippen LogP contribution in [0.3, 0.4) is 0 Å². The first-order valence-electron chi connectivity index (χ1n) is 4.32. The maximum atomic E-state index is 11.1. The first-order valence-corrected chi connectivity index (χ1v) is 4.32. The molecular formula is C8H10N4O4. The highest BCUT2D eigenvalue weighted by Crippen LogP contribution is 1.92. The first kappa shape index (κ1) is 11.9. The van der Waals surface area contributed by atoms with Crippen molar-refractivity contribution in [3.8, 4) is 0 Å². The highest BCUT2D eigenvalue weighted by atomic mass is 16.4. The quantitative estimate of drug-likeness (QED) is 0.524. The van der Waals surface area contributed by atoms with E-state index in [0.717, 1.165) is 0 Å². The number of carbonyl (C=O) groups excluding carboxylic acids is 1. The van der Waals surface area contributed by atoms with E-state index < -0.39 is 24.6 Å². The maximum absolute atomic E-state index is 11.1. The predicted octanol–water partition coefficient (Wildman–Crippen LogP) is -0.956. The van der Waals surface area contributed by atoms with Gasteiger partial charge in [0.25, 0.3) is 0 Å². The molecule has 16 heavy (non-hydrogen) atoms. The van der Waals surface area contributed by atoms with Crippen LogP contribution in [0.5, 0.6) is 0 Å². The van der Waals surface area contributed by atoms with Crippen LogP contribution in [0.4, 0.5) is 10.7 Å². The van der Waals surface area contributed by atoms with Crippen molar-refractivity contribution in [1.82, 2.24) is 15.3 Å². The number of amides is 2. The van der Waals surface area contributed by atoms with Crippen molar-refractivity contribution in [2.75, 3.05) is 11.9 Å². The molecule has 4 N–H and O–H groups in total. The minimum atomic E-state index is -1.64. The van der Waals surface area contributed by atoms with Crippen LogP contribution in [0.2, 0.25) is 0 Å². The fraction of sp³-hybridized carbons (Fsp3) is 0.250. The summed E-state index contributed by atoms with van der Waals surface area (Å²) in [6.45, 7) is -0.395. The van der Waals surface area contributed by atoms with Gasteiger partial charge in [-0.3, -0.25) is 5.32 Å². The summed E-state index contributed by atoms with van der Waals surface area (Å²) in [5, 5.41) is 21.6. The zero-order chi connectivity index (χ0) is 12.0. The smallest absolute Gasteiger partial charge is 0.334 e. The monoisotopic (exact) mass is 226 g/mol. The molecule has 8 heteroatoms. The number of hydrogen-bond donors (Lipinski definition) is 4. The second kappa shape index (κ2) is 5.61. The molecule has 0 aliphatic carbocycles. The van der Waals surface area contributed by atoms with Gasteiger partial charge in [-0.25, -0.2) is 19.6 Å². The normalized spacial score (nSPS) is 11.6. The molecule has 0 aliphatic rings. The molecule has 0 fully saturated rings. The molecule has 86 valence electrons. The molecule has 0 aliphatic heterocycles. The SMILES string of the molecule is O=C(NC[C@H](O)C(=O)O)Nc1ncccn1. The molecule has 0 saturated heterocycles.